The van der Waals surface area contributed by atoms with Crippen LogP contribution < -0.4 is 0 Å². The Balaban J connectivity index is 0.00000144. The number of nitro groups is 1. The number of nitrogens with zero attached hydrogens (tertiary/aromatic N) is 1. The average Bonchev–Trinajstić information content (AvgIpc) is 2.00. The molecule has 0 aromatic heterocycles. The van der Waals surface area contributed by atoms with E-state index in [2.05, 4.69) is 6.92 Å². The fraction of sp³-hybridized carbons (Fsp3) is 0. The average molecular weight is 257 g/mol. The molecule has 1 rings (SSSR count). The van der Waals surface area contributed by atoms with Gasteiger partial charge in [-0.25, -0.2) is 0 Å². The molecule has 1 radical (unpaired) electrons. The molecule has 0 heterocycles. The molecule has 0 fully saturated rings. The Kier molecular flexibility index (Phi) is 4.16. The maximum absolute atomic E-state index is 10.2. The van der Waals surface area contributed by atoms with E-state index in [-0.39, 0.29) is 38.3 Å². The number of nitro benzene ring substituents is 1. The van der Waals surface area contributed by atoms with Gasteiger partial charge in [-0.3, -0.25) is 10.1 Å². The summed E-state index contributed by atoms with van der Waals surface area (Å²) in [4.78, 5) is 9.42. The van der Waals surface area contributed by atoms with Gasteiger partial charge in [-0.1, -0.05) is 0 Å². The van der Waals surface area contributed by atoms with Crippen LogP contribution in [0.4, 0.5) is 5.69 Å². The van der Waals surface area contributed by atoms with Crippen molar-refractivity contribution in [2.75, 3.05) is 0 Å². The first-order valence-electron chi connectivity index (χ1n) is 3.05. The zero-order valence-corrected chi connectivity index (χ0v) is 9.44. The predicted molar refractivity (Wildman–Crippen MR) is 40.9 cm³/mol. The van der Waals surface area contributed by atoms with Gasteiger partial charge in [0, 0.05) is 32.7 Å². The van der Waals surface area contributed by atoms with Gasteiger partial charge in [-0.05, 0) is 6.07 Å². The van der Waals surface area contributed by atoms with Crippen LogP contribution in [0.2, 0.25) is 0 Å². The molecule has 0 aliphatic heterocycles. The number of phenolic OH excluding ortho intramolecular Hbond substituents is 2. The van der Waals surface area contributed by atoms with Crippen LogP contribution in [0.5, 0.6) is 11.5 Å². The Morgan fingerprint density at radius 3 is 2.31 bits per heavy atom. The molecule has 5 nitrogen and oxygen atoms in total. The molecule has 1 aromatic carbocycles. The third kappa shape index (κ3) is 2.32. The summed E-state index contributed by atoms with van der Waals surface area (Å²) in [6, 6.07) is 2.34. The van der Waals surface area contributed by atoms with Crippen molar-refractivity contribution in [3.8, 4) is 11.5 Å². The summed E-state index contributed by atoms with van der Waals surface area (Å²) in [6.45, 7) is 3.35. The molecule has 1 aromatic rings. The number of hydrogen-bond acceptors (Lipinski definition) is 4. The van der Waals surface area contributed by atoms with Crippen LogP contribution >= 0.6 is 0 Å². The number of phenols is 2. The molecule has 0 bridgehead atoms. The van der Waals surface area contributed by atoms with Crippen molar-refractivity contribution in [3.05, 3.63) is 34.7 Å². The topological polar surface area (TPSA) is 83.6 Å². The minimum Gasteiger partial charge on any atom is -0.561 e. The molecule has 67 valence electrons. The van der Waals surface area contributed by atoms with Crippen LogP contribution in [-0.4, -0.2) is 15.1 Å². The zero-order chi connectivity index (χ0) is 9.30. The zero-order valence-electron chi connectivity index (χ0n) is 6.60. The van der Waals surface area contributed by atoms with Gasteiger partial charge in [-0.2, -0.15) is 18.6 Å². The van der Waals surface area contributed by atoms with Crippen LogP contribution in [0, 0.1) is 17.0 Å². The third-order valence-corrected chi connectivity index (χ3v) is 1.41. The largest absolute Gasteiger partial charge is 0.561 e. The Morgan fingerprint density at radius 2 is 1.85 bits per heavy atom. The second-order valence-electron chi connectivity index (χ2n) is 2.20. The molecule has 2 N–H and O–H groups in total. The number of rotatable bonds is 1. The van der Waals surface area contributed by atoms with Gasteiger partial charge >= 0.3 is 0 Å². The third-order valence-electron chi connectivity index (χ3n) is 1.41. The fourth-order valence-corrected chi connectivity index (χ4v) is 0.758. The first-order valence-corrected chi connectivity index (χ1v) is 3.05. The predicted octanol–water partition coefficient (Wildman–Crippen LogP) is 1.19. The standard InChI is InChI=1S/C7H6NO4.Y/c1-4-2-3-5(8(11)12)7(10)6(4)9;/h2-3,9-10H,1H2;/q-1;. The number of benzene rings is 1. The van der Waals surface area contributed by atoms with Crippen LogP contribution in [0.25, 0.3) is 0 Å². The number of aromatic hydroxyl groups is 2. The Hall–Kier alpha value is -0.806. The molecule has 0 atom stereocenters. The second kappa shape index (κ2) is 4.44. The monoisotopic (exact) mass is 257 g/mol. The first-order chi connectivity index (χ1) is 5.54. The quantitative estimate of drug-likeness (QED) is 0.342. The smallest absolute Gasteiger partial charge is 0.289 e. The molecule has 13 heavy (non-hydrogen) atoms. The summed E-state index contributed by atoms with van der Waals surface area (Å²) in [5.41, 5.74) is -0.377. The van der Waals surface area contributed by atoms with E-state index in [0.29, 0.717) is 0 Å². The molecular formula is C7H6NO4Y-. The summed E-state index contributed by atoms with van der Waals surface area (Å²) in [7, 11) is 0. The number of hydrogen-bond donors (Lipinski definition) is 2. The van der Waals surface area contributed by atoms with Gasteiger partial charge in [0.05, 0.1) is 10.7 Å². The van der Waals surface area contributed by atoms with E-state index < -0.39 is 22.1 Å². The van der Waals surface area contributed by atoms with Crippen molar-refractivity contribution in [2.24, 2.45) is 0 Å². The Bertz CT molecular complexity index is 340. The molecule has 0 saturated carbocycles. The normalized spacial score (nSPS) is 8.92. The maximum atomic E-state index is 10.2. The minimum atomic E-state index is -0.783. The first kappa shape index (κ1) is 12.2. The van der Waals surface area contributed by atoms with Gasteiger partial charge in [0.2, 0.25) is 0 Å². The van der Waals surface area contributed by atoms with E-state index >= 15 is 0 Å². The van der Waals surface area contributed by atoms with E-state index in [1.165, 1.54) is 6.07 Å². The summed E-state index contributed by atoms with van der Waals surface area (Å²) in [5, 5.41) is 28.2. The van der Waals surface area contributed by atoms with Crippen LogP contribution in [0.3, 0.4) is 0 Å². The molecule has 0 spiro atoms. The molecule has 0 aliphatic carbocycles. The minimum absolute atomic E-state index is 0. The van der Waals surface area contributed by atoms with E-state index in [1.807, 2.05) is 0 Å². The van der Waals surface area contributed by atoms with Crippen molar-refractivity contribution in [1.29, 1.82) is 0 Å². The molecular weight excluding hydrogens is 251 g/mol. The van der Waals surface area contributed by atoms with Gasteiger partial charge in [0.15, 0.2) is 5.75 Å². The molecule has 0 amide bonds. The van der Waals surface area contributed by atoms with Crippen molar-refractivity contribution >= 4 is 5.69 Å². The van der Waals surface area contributed by atoms with Crippen molar-refractivity contribution in [1.82, 2.24) is 0 Å². The second-order valence-corrected chi connectivity index (χ2v) is 2.20. The molecule has 0 saturated heterocycles. The van der Waals surface area contributed by atoms with E-state index in [9.17, 15) is 10.1 Å². The SMILES string of the molecule is [CH2-]c1ccc([N+](=O)[O-])c(O)c1O.[Y]. The van der Waals surface area contributed by atoms with E-state index in [0.717, 1.165) is 6.07 Å². The van der Waals surface area contributed by atoms with Crippen LogP contribution in [-0.2, 0) is 32.7 Å². The maximum Gasteiger partial charge on any atom is 0.289 e. The van der Waals surface area contributed by atoms with E-state index in [1.54, 1.807) is 0 Å². The summed E-state index contributed by atoms with van der Waals surface area (Å²) >= 11 is 0. The summed E-state index contributed by atoms with van der Waals surface area (Å²) in [5.74, 6) is -1.29. The summed E-state index contributed by atoms with van der Waals surface area (Å²) in [6.07, 6.45) is 0. The van der Waals surface area contributed by atoms with E-state index in [4.69, 9.17) is 10.2 Å². The van der Waals surface area contributed by atoms with Crippen molar-refractivity contribution < 1.29 is 47.8 Å². The Labute approximate surface area is 99.4 Å². The van der Waals surface area contributed by atoms with Gasteiger partial charge in [0.25, 0.3) is 5.69 Å². The van der Waals surface area contributed by atoms with Crippen LogP contribution in [0.1, 0.15) is 5.56 Å². The molecule has 0 unspecified atom stereocenters. The fourth-order valence-electron chi connectivity index (χ4n) is 0.758. The Morgan fingerprint density at radius 1 is 1.31 bits per heavy atom. The van der Waals surface area contributed by atoms with Crippen molar-refractivity contribution in [3.63, 3.8) is 0 Å². The van der Waals surface area contributed by atoms with Crippen molar-refractivity contribution in [2.45, 2.75) is 0 Å². The molecule has 6 heteroatoms. The van der Waals surface area contributed by atoms with Gasteiger partial charge in [0.1, 0.15) is 0 Å². The van der Waals surface area contributed by atoms with Crippen LogP contribution in [0.15, 0.2) is 12.1 Å². The summed E-state index contributed by atoms with van der Waals surface area (Å²) < 4.78 is 0. The van der Waals surface area contributed by atoms with Gasteiger partial charge in [-0.15, -0.1) is 0 Å². The molecule has 0 aliphatic rings. The van der Waals surface area contributed by atoms with Gasteiger partial charge < -0.3 is 10.2 Å².